The topological polar surface area (TPSA) is 0 Å². The first-order valence-electron chi connectivity index (χ1n) is 8.83. The van der Waals surface area contributed by atoms with Crippen molar-refractivity contribution in [3.8, 4) is 11.1 Å². The highest BCUT2D eigenvalue weighted by Gasteiger charge is 2.25. The lowest BCUT2D eigenvalue weighted by Crippen LogP contribution is -2.14. The monoisotopic (exact) mass is 304 g/mol. The van der Waals surface area contributed by atoms with Crippen molar-refractivity contribution in [3.63, 3.8) is 0 Å². The summed E-state index contributed by atoms with van der Waals surface area (Å²) in [5.74, 6) is 0. The molecule has 0 saturated heterocycles. The largest absolute Gasteiger partial charge is 0.0652 e. The fraction of sp³-hybridized carbons (Fsp3) is 0.391. The fourth-order valence-electron chi connectivity index (χ4n) is 3.73. The van der Waals surface area contributed by atoms with Crippen LogP contribution in [0.25, 0.3) is 17.2 Å². The zero-order valence-electron chi connectivity index (χ0n) is 15.2. The van der Waals surface area contributed by atoms with E-state index >= 15 is 0 Å². The Hall–Kier alpha value is -1.82. The van der Waals surface area contributed by atoms with Crippen molar-refractivity contribution < 1.29 is 0 Å². The molecule has 0 bridgehead atoms. The minimum atomic E-state index is 0.147. The van der Waals surface area contributed by atoms with Crippen molar-refractivity contribution in [1.29, 1.82) is 0 Å². The van der Waals surface area contributed by atoms with Gasteiger partial charge in [0.15, 0.2) is 0 Å². The maximum atomic E-state index is 2.47. The van der Waals surface area contributed by atoms with E-state index in [2.05, 4.69) is 77.1 Å². The van der Waals surface area contributed by atoms with Crippen LogP contribution in [-0.4, -0.2) is 0 Å². The average molecular weight is 304 g/mol. The molecule has 0 nitrogen and oxygen atoms in total. The SMILES string of the molecule is CCCC1=Cc2c(ccc(C(C)(C)C)c2-c2ccccc2C)C1. The summed E-state index contributed by atoms with van der Waals surface area (Å²) >= 11 is 0. The number of allylic oxidation sites excluding steroid dienone is 1. The van der Waals surface area contributed by atoms with Gasteiger partial charge in [-0.15, -0.1) is 0 Å². The van der Waals surface area contributed by atoms with Crippen molar-refractivity contribution in [2.24, 2.45) is 0 Å². The first-order chi connectivity index (χ1) is 10.9. The van der Waals surface area contributed by atoms with Crippen molar-refractivity contribution in [2.45, 2.75) is 59.3 Å². The van der Waals surface area contributed by atoms with Crippen molar-refractivity contribution >= 4 is 6.08 Å². The molecule has 0 fully saturated rings. The van der Waals surface area contributed by atoms with E-state index in [0.29, 0.717) is 0 Å². The lowest BCUT2D eigenvalue weighted by Gasteiger charge is -2.26. The summed E-state index contributed by atoms with van der Waals surface area (Å²) < 4.78 is 0. The van der Waals surface area contributed by atoms with Crippen LogP contribution in [0.15, 0.2) is 42.0 Å². The quantitative estimate of drug-likeness (QED) is 0.592. The molecule has 3 rings (SSSR count). The predicted molar refractivity (Wildman–Crippen MR) is 102 cm³/mol. The smallest absolute Gasteiger partial charge is 0.00576 e. The van der Waals surface area contributed by atoms with Gasteiger partial charge in [-0.1, -0.05) is 82.2 Å². The molecule has 0 N–H and O–H groups in total. The van der Waals surface area contributed by atoms with Crippen LogP contribution in [-0.2, 0) is 11.8 Å². The maximum absolute atomic E-state index is 2.47. The molecule has 0 spiro atoms. The highest BCUT2D eigenvalue weighted by molar-refractivity contribution is 5.85. The van der Waals surface area contributed by atoms with Crippen LogP contribution in [0.1, 0.15) is 62.8 Å². The van der Waals surface area contributed by atoms with Crippen LogP contribution < -0.4 is 0 Å². The highest BCUT2D eigenvalue weighted by Crippen LogP contribution is 2.42. The summed E-state index contributed by atoms with van der Waals surface area (Å²) in [7, 11) is 0. The minimum absolute atomic E-state index is 0.147. The fourth-order valence-corrected chi connectivity index (χ4v) is 3.73. The van der Waals surface area contributed by atoms with Crippen LogP contribution >= 0.6 is 0 Å². The van der Waals surface area contributed by atoms with Gasteiger partial charge in [-0.25, -0.2) is 0 Å². The molecule has 0 radical (unpaired) electrons. The lowest BCUT2D eigenvalue weighted by atomic mass is 9.78. The summed E-state index contributed by atoms with van der Waals surface area (Å²) in [5.41, 5.74) is 10.4. The van der Waals surface area contributed by atoms with Gasteiger partial charge >= 0.3 is 0 Å². The average Bonchev–Trinajstić information content (AvgIpc) is 2.89. The van der Waals surface area contributed by atoms with Gasteiger partial charge < -0.3 is 0 Å². The third-order valence-electron chi connectivity index (χ3n) is 4.90. The summed E-state index contributed by atoms with van der Waals surface area (Å²) in [6.45, 7) is 11.5. The van der Waals surface area contributed by atoms with E-state index in [0.717, 1.165) is 6.42 Å². The molecule has 1 aliphatic carbocycles. The molecule has 0 saturated carbocycles. The molecule has 23 heavy (non-hydrogen) atoms. The molecule has 0 heterocycles. The van der Waals surface area contributed by atoms with Gasteiger partial charge in [-0.3, -0.25) is 0 Å². The first kappa shape index (κ1) is 16.1. The third-order valence-corrected chi connectivity index (χ3v) is 4.90. The molecule has 0 aliphatic heterocycles. The van der Waals surface area contributed by atoms with Crippen LogP contribution in [0.4, 0.5) is 0 Å². The Morgan fingerprint density at radius 1 is 1.00 bits per heavy atom. The second kappa shape index (κ2) is 6.00. The van der Waals surface area contributed by atoms with E-state index in [1.807, 2.05) is 0 Å². The van der Waals surface area contributed by atoms with Gasteiger partial charge in [0.1, 0.15) is 0 Å². The number of fused-ring (bicyclic) bond motifs is 1. The predicted octanol–water partition coefficient (Wildman–Crippen LogP) is 6.70. The summed E-state index contributed by atoms with van der Waals surface area (Å²) in [6, 6.07) is 13.5. The van der Waals surface area contributed by atoms with Crippen LogP contribution in [0.5, 0.6) is 0 Å². The van der Waals surface area contributed by atoms with E-state index in [4.69, 9.17) is 0 Å². The van der Waals surface area contributed by atoms with Gasteiger partial charge in [-0.05, 0) is 58.6 Å². The number of benzene rings is 2. The van der Waals surface area contributed by atoms with E-state index in [-0.39, 0.29) is 5.41 Å². The Morgan fingerprint density at radius 2 is 1.74 bits per heavy atom. The lowest BCUT2D eigenvalue weighted by molar-refractivity contribution is 0.591. The van der Waals surface area contributed by atoms with Gasteiger partial charge in [0.2, 0.25) is 0 Å². The molecule has 0 heteroatoms. The second-order valence-electron chi connectivity index (χ2n) is 7.86. The molecular formula is C23H28. The van der Waals surface area contributed by atoms with E-state index in [9.17, 15) is 0 Å². The normalized spacial score (nSPS) is 13.9. The van der Waals surface area contributed by atoms with Crippen molar-refractivity contribution in [3.05, 3.63) is 64.2 Å². The van der Waals surface area contributed by atoms with E-state index in [1.54, 1.807) is 5.57 Å². The molecule has 0 amide bonds. The molecule has 120 valence electrons. The molecular weight excluding hydrogens is 276 g/mol. The van der Waals surface area contributed by atoms with Crippen LogP contribution in [0.3, 0.4) is 0 Å². The second-order valence-corrected chi connectivity index (χ2v) is 7.86. The van der Waals surface area contributed by atoms with Crippen molar-refractivity contribution in [1.82, 2.24) is 0 Å². The van der Waals surface area contributed by atoms with Gasteiger partial charge in [-0.2, -0.15) is 0 Å². The molecule has 2 aromatic rings. The first-order valence-corrected chi connectivity index (χ1v) is 8.83. The Kier molecular flexibility index (Phi) is 4.19. The van der Waals surface area contributed by atoms with Gasteiger partial charge in [0, 0.05) is 0 Å². The van der Waals surface area contributed by atoms with E-state index in [1.165, 1.54) is 46.2 Å². The Morgan fingerprint density at radius 3 is 2.39 bits per heavy atom. The zero-order valence-corrected chi connectivity index (χ0v) is 15.2. The number of aryl methyl sites for hydroxylation is 1. The minimum Gasteiger partial charge on any atom is -0.0652 e. The summed E-state index contributed by atoms with van der Waals surface area (Å²) in [5, 5.41) is 0. The number of rotatable bonds is 3. The third kappa shape index (κ3) is 3.00. The van der Waals surface area contributed by atoms with Crippen LogP contribution in [0.2, 0.25) is 0 Å². The van der Waals surface area contributed by atoms with Gasteiger partial charge in [0.25, 0.3) is 0 Å². The number of hydrogen-bond acceptors (Lipinski definition) is 0. The molecule has 0 atom stereocenters. The summed E-state index contributed by atoms with van der Waals surface area (Å²) in [4.78, 5) is 0. The Bertz CT molecular complexity index is 754. The molecule has 2 aromatic carbocycles. The standard InChI is InChI=1S/C23H28/c1-6-9-17-14-18-12-13-21(23(3,4)5)22(20(18)15-17)19-11-8-7-10-16(19)2/h7-8,10-13,15H,6,9,14H2,1-5H3. The Balaban J connectivity index is 2.28. The summed E-state index contributed by atoms with van der Waals surface area (Å²) in [6.07, 6.45) is 6.04. The van der Waals surface area contributed by atoms with Crippen LogP contribution in [0, 0.1) is 6.92 Å². The Labute approximate surface area is 141 Å². The maximum Gasteiger partial charge on any atom is -0.00576 e. The molecule has 0 aromatic heterocycles. The molecule has 1 aliphatic rings. The number of hydrogen-bond donors (Lipinski definition) is 0. The van der Waals surface area contributed by atoms with Gasteiger partial charge in [0.05, 0.1) is 0 Å². The van der Waals surface area contributed by atoms with Crippen molar-refractivity contribution in [2.75, 3.05) is 0 Å². The zero-order chi connectivity index (χ0) is 16.6. The highest BCUT2D eigenvalue weighted by atomic mass is 14.3. The molecule has 0 unspecified atom stereocenters. The van der Waals surface area contributed by atoms with E-state index < -0.39 is 0 Å².